The highest BCUT2D eigenvalue weighted by molar-refractivity contribution is 7.81. The van der Waals surface area contributed by atoms with Gasteiger partial charge in [-0.1, -0.05) is 29.2 Å². The Balaban J connectivity index is 1.72. The molecule has 3 heterocycles. The monoisotopic (exact) mass is 600 g/mol. The third-order valence-electron chi connectivity index (χ3n) is 7.36. The number of nitrogens with one attached hydrogen (secondary N) is 1. The molecule has 0 aliphatic heterocycles. The van der Waals surface area contributed by atoms with E-state index in [9.17, 15) is 35.5 Å². The van der Waals surface area contributed by atoms with Gasteiger partial charge in [0.25, 0.3) is 0 Å². The molecule has 1 N–H and O–H groups in total. The van der Waals surface area contributed by atoms with Crippen molar-refractivity contribution in [3.63, 3.8) is 0 Å². The Hall–Kier alpha value is -4.64. The molecular weight excluding hydrogens is 580 g/mol. The van der Waals surface area contributed by atoms with Gasteiger partial charge >= 0.3 is 16.9 Å². The molecule has 0 unspecified atom stereocenters. The van der Waals surface area contributed by atoms with Crippen molar-refractivity contribution in [3.8, 4) is 28.7 Å². The second-order valence-electron chi connectivity index (χ2n) is 10.0. The molecule has 1 saturated carbocycles. The number of benzene rings is 2. The number of alkyl halides is 3. The summed E-state index contributed by atoms with van der Waals surface area (Å²) in [6.07, 6.45) is 1.20. The maximum atomic E-state index is 14.0. The third-order valence-corrected chi connectivity index (χ3v) is 7.75. The van der Waals surface area contributed by atoms with Gasteiger partial charge in [-0.05, 0) is 43.2 Å². The molecular formula is C28H20F4N4O5S. The SMILES string of the molecule is N#Cc1ccc2c(c1)[nH]c1c2c(=O)c2cc(OC(F)(F)F)c(-c3cncc(OS(=O)(=O)F)c3)cc2n1C1CCCCC1. The molecule has 0 spiro atoms. The minimum atomic E-state index is -5.44. The largest absolute Gasteiger partial charge is 0.573 e. The zero-order chi connectivity index (χ0) is 29.8. The third kappa shape index (κ3) is 5.11. The highest BCUT2D eigenvalue weighted by atomic mass is 32.3. The molecule has 2 aromatic carbocycles. The first kappa shape index (κ1) is 27.5. The van der Waals surface area contributed by atoms with Crippen LogP contribution >= 0.6 is 0 Å². The van der Waals surface area contributed by atoms with Crippen LogP contribution in [0.4, 0.5) is 17.1 Å². The summed E-state index contributed by atoms with van der Waals surface area (Å²) >= 11 is 0. The molecule has 5 aromatic rings. The van der Waals surface area contributed by atoms with Crippen molar-refractivity contribution in [3.05, 3.63) is 64.6 Å². The zero-order valence-corrected chi connectivity index (χ0v) is 22.4. The summed E-state index contributed by atoms with van der Waals surface area (Å²) in [6, 6.07) is 10.1. The molecule has 0 saturated heterocycles. The van der Waals surface area contributed by atoms with Gasteiger partial charge in [-0.25, -0.2) is 0 Å². The van der Waals surface area contributed by atoms with Crippen molar-refractivity contribution in [2.75, 3.05) is 0 Å². The van der Waals surface area contributed by atoms with Crippen LogP contribution in [0.2, 0.25) is 0 Å². The van der Waals surface area contributed by atoms with Crippen LogP contribution in [0.1, 0.15) is 43.7 Å². The molecule has 0 atom stereocenters. The van der Waals surface area contributed by atoms with E-state index in [0.717, 1.165) is 56.6 Å². The van der Waals surface area contributed by atoms with Gasteiger partial charge in [-0.2, -0.15) is 13.7 Å². The second kappa shape index (κ2) is 10.0. The topological polar surface area (TPSA) is 127 Å². The van der Waals surface area contributed by atoms with Crippen LogP contribution in [0.15, 0.2) is 53.6 Å². The number of ether oxygens (including phenoxy) is 1. The van der Waals surface area contributed by atoms with E-state index >= 15 is 0 Å². The molecule has 0 bridgehead atoms. The Morgan fingerprint density at radius 1 is 1.05 bits per heavy atom. The van der Waals surface area contributed by atoms with E-state index in [1.807, 2.05) is 4.57 Å². The number of aromatic nitrogens is 3. The van der Waals surface area contributed by atoms with Gasteiger partial charge < -0.3 is 18.5 Å². The van der Waals surface area contributed by atoms with Crippen molar-refractivity contribution in [2.45, 2.75) is 44.5 Å². The highest BCUT2D eigenvalue weighted by Gasteiger charge is 2.33. The molecule has 14 heteroatoms. The van der Waals surface area contributed by atoms with Gasteiger partial charge in [-0.3, -0.25) is 9.78 Å². The summed E-state index contributed by atoms with van der Waals surface area (Å²) in [5.41, 5.74) is 0.854. The smallest absolute Gasteiger partial charge is 0.405 e. The summed E-state index contributed by atoms with van der Waals surface area (Å²) < 4.78 is 86.5. The van der Waals surface area contributed by atoms with Crippen LogP contribution < -0.4 is 14.3 Å². The molecule has 1 fully saturated rings. The lowest BCUT2D eigenvalue weighted by molar-refractivity contribution is -0.274. The van der Waals surface area contributed by atoms with Crippen LogP contribution in [0.5, 0.6) is 11.5 Å². The standard InChI is InChI=1S/C28H20F4N4O5S/c29-28(30,31)40-24-11-21-23(10-20(24)16-9-18(14-34-13-16)41-42(32,38)39)36(17-4-2-1-3-5-17)27-25(26(21)37)19-7-6-15(12-33)8-22(19)35-27/h6-11,13-14,17,35H,1-5H2. The Labute approximate surface area is 235 Å². The molecule has 0 radical (unpaired) electrons. The van der Waals surface area contributed by atoms with Crippen molar-refractivity contribution >= 4 is 43.3 Å². The van der Waals surface area contributed by atoms with E-state index < -0.39 is 33.8 Å². The first-order valence-corrected chi connectivity index (χ1v) is 14.2. The van der Waals surface area contributed by atoms with E-state index in [0.29, 0.717) is 27.6 Å². The highest BCUT2D eigenvalue weighted by Crippen LogP contribution is 2.41. The molecule has 3 aromatic heterocycles. The number of hydrogen-bond donors (Lipinski definition) is 1. The van der Waals surface area contributed by atoms with E-state index in [4.69, 9.17) is 0 Å². The van der Waals surface area contributed by atoms with Crippen molar-refractivity contribution in [1.29, 1.82) is 5.26 Å². The first-order chi connectivity index (χ1) is 19.9. The van der Waals surface area contributed by atoms with Gasteiger partial charge in [-0.15, -0.1) is 13.2 Å². The van der Waals surface area contributed by atoms with Crippen LogP contribution in [0.25, 0.3) is 44.0 Å². The maximum Gasteiger partial charge on any atom is 0.573 e. The Morgan fingerprint density at radius 3 is 2.50 bits per heavy atom. The van der Waals surface area contributed by atoms with Crippen molar-refractivity contribution in [2.24, 2.45) is 0 Å². The normalized spacial score (nSPS) is 14.8. The quantitative estimate of drug-likeness (QED) is 0.179. The molecule has 1 aliphatic rings. The van der Waals surface area contributed by atoms with E-state index in [1.54, 1.807) is 18.2 Å². The fourth-order valence-electron chi connectivity index (χ4n) is 5.75. The number of pyridine rings is 2. The van der Waals surface area contributed by atoms with Crippen LogP contribution in [-0.2, 0) is 10.5 Å². The van der Waals surface area contributed by atoms with E-state index in [1.165, 1.54) is 6.07 Å². The summed E-state index contributed by atoms with van der Waals surface area (Å²) in [4.78, 5) is 21.0. The van der Waals surface area contributed by atoms with Gasteiger partial charge in [0.1, 0.15) is 11.4 Å². The lowest BCUT2D eigenvalue weighted by atomic mass is 9.94. The fourth-order valence-corrected chi connectivity index (χ4v) is 6.07. The van der Waals surface area contributed by atoms with E-state index in [2.05, 4.69) is 25.0 Å². The number of nitrogens with zero attached hydrogens (tertiary/aromatic N) is 3. The Kier molecular flexibility index (Phi) is 6.57. The van der Waals surface area contributed by atoms with Crippen LogP contribution in [0, 0.1) is 11.3 Å². The number of aromatic amines is 1. The predicted molar refractivity (Wildman–Crippen MR) is 145 cm³/mol. The van der Waals surface area contributed by atoms with Gasteiger partial charge in [0.2, 0.25) is 0 Å². The Bertz CT molecular complexity index is 2090. The van der Waals surface area contributed by atoms with E-state index in [-0.39, 0.29) is 27.9 Å². The molecule has 216 valence electrons. The molecule has 1 aliphatic carbocycles. The summed E-state index contributed by atoms with van der Waals surface area (Å²) in [5, 5.41) is 10.1. The van der Waals surface area contributed by atoms with Gasteiger partial charge in [0.15, 0.2) is 11.2 Å². The van der Waals surface area contributed by atoms with Crippen molar-refractivity contribution in [1.82, 2.24) is 14.5 Å². The lowest BCUT2D eigenvalue weighted by Crippen LogP contribution is -2.20. The fraction of sp³-hybridized carbons (Fsp3) is 0.250. The molecule has 9 nitrogen and oxygen atoms in total. The number of hydrogen-bond acceptors (Lipinski definition) is 7. The number of nitriles is 1. The predicted octanol–water partition coefficient (Wildman–Crippen LogP) is 6.57. The Morgan fingerprint density at radius 2 is 1.81 bits per heavy atom. The van der Waals surface area contributed by atoms with Gasteiger partial charge in [0.05, 0.1) is 34.1 Å². The number of fused-ring (bicyclic) bond motifs is 4. The summed E-state index contributed by atoms with van der Waals surface area (Å²) in [7, 11) is -5.44. The molecule has 42 heavy (non-hydrogen) atoms. The maximum absolute atomic E-state index is 14.0. The zero-order valence-electron chi connectivity index (χ0n) is 21.5. The first-order valence-electron chi connectivity index (χ1n) is 12.8. The minimum Gasteiger partial charge on any atom is -0.405 e. The minimum absolute atomic E-state index is 0.0342. The molecule has 0 amide bonds. The number of rotatable bonds is 5. The average molecular weight is 601 g/mol. The van der Waals surface area contributed by atoms with Crippen LogP contribution in [-0.4, -0.2) is 29.3 Å². The van der Waals surface area contributed by atoms with Crippen LogP contribution in [0.3, 0.4) is 0 Å². The molecule has 6 rings (SSSR count). The number of halogens is 4. The average Bonchev–Trinajstić information content (AvgIpc) is 3.30. The number of H-pyrrole nitrogens is 1. The summed E-state index contributed by atoms with van der Waals surface area (Å²) in [5.74, 6) is -1.31. The lowest BCUT2D eigenvalue weighted by Gasteiger charge is -2.27. The van der Waals surface area contributed by atoms with Crippen molar-refractivity contribution < 1.29 is 34.4 Å². The van der Waals surface area contributed by atoms with Gasteiger partial charge in [0, 0.05) is 34.3 Å². The second-order valence-corrected chi connectivity index (χ2v) is 11.0. The summed E-state index contributed by atoms with van der Waals surface area (Å²) in [6.45, 7) is 0.